The van der Waals surface area contributed by atoms with Crippen LogP contribution in [0.4, 0.5) is 5.69 Å². The van der Waals surface area contributed by atoms with Gasteiger partial charge < -0.3 is 10.6 Å². The smallest absolute Gasteiger partial charge is 0.0723 e. The minimum atomic E-state index is 0.538. The van der Waals surface area contributed by atoms with E-state index < -0.39 is 0 Å². The molecule has 0 amide bonds. The molecular formula is C14H16ClN3. The molecule has 94 valence electrons. The first-order valence-electron chi connectivity index (χ1n) is 6.34. The Kier molecular flexibility index (Phi) is 3.35. The molecule has 2 aromatic rings. The van der Waals surface area contributed by atoms with Crippen molar-refractivity contribution in [2.24, 2.45) is 0 Å². The normalized spacial score (nSPS) is 16.9. The highest BCUT2D eigenvalue weighted by Gasteiger charge is 2.13. The second kappa shape index (κ2) is 5.12. The fourth-order valence-electron chi connectivity index (χ4n) is 2.44. The van der Waals surface area contributed by atoms with Gasteiger partial charge in [-0.3, -0.25) is 4.98 Å². The number of fused-ring (bicyclic) bond motifs is 1. The number of pyridine rings is 1. The van der Waals surface area contributed by atoms with Gasteiger partial charge in [-0.1, -0.05) is 17.7 Å². The molecule has 3 nitrogen and oxygen atoms in total. The van der Waals surface area contributed by atoms with Crippen LogP contribution < -0.4 is 10.6 Å². The second-order valence-electron chi connectivity index (χ2n) is 4.69. The van der Waals surface area contributed by atoms with Gasteiger partial charge in [0.05, 0.1) is 10.5 Å². The van der Waals surface area contributed by atoms with Gasteiger partial charge in [-0.2, -0.15) is 0 Å². The first-order chi connectivity index (χ1) is 8.83. The summed E-state index contributed by atoms with van der Waals surface area (Å²) < 4.78 is 0. The first kappa shape index (κ1) is 11.8. The lowest BCUT2D eigenvalue weighted by Gasteiger charge is -2.25. The van der Waals surface area contributed by atoms with E-state index in [-0.39, 0.29) is 0 Å². The number of nitrogens with one attached hydrogen (secondary N) is 2. The lowest BCUT2D eigenvalue weighted by Crippen LogP contribution is -2.35. The molecule has 1 fully saturated rings. The van der Waals surface area contributed by atoms with Gasteiger partial charge in [0.15, 0.2) is 0 Å². The summed E-state index contributed by atoms with van der Waals surface area (Å²) in [7, 11) is 0. The van der Waals surface area contributed by atoms with Gasteiger partial charge in [-0.25, -0.2) is 0 Å². The summed E-state index contributed by atoms with van der Waals surface area (Å²) in [5.41, 5.74) is 2.12. The highest BCUT2D eigenvalue weighted by atomic mass is 35.5. The maximum absolute atomic E-state index is 6.03. The predicted molar refractivity (Wildman–Crippen MR) is 76.3 cm³/mol. The molecule has 0 atom stereocenters. The Morgan fingerprint density at radius 3 is 2.94 bits per heavy atom. The van der Waals surface area contributed by atoms with Crippen LogP contribution in [0.1, 0.15) is 12.8 Å². The third-order valence-electron chi connectivity index (χ3n) is 3.39. The molecule has 0 saturated carbocycles. The lowest BCUT2D eigenvalue weighted by atomic mass is 10.1. The molecule has 0 bridgehead atoms. The number of halogens is 1. The summed E-state index contributed by atoms with van der Waals surface area (Å²) in [6, 6.07) is 8.66. The van der Waals surface area contributed by atoms with Crippen LogP contribution in [0.3, 0.4) is 0 Å². The van der Waals surface area contributed by atoms with Gasteiger partial charge in [0.25, 0.3) is 0 Å². The molecular weight excluding hydrogens is 246 g/mol. The molecule has 18 heavy (non-hydrogen) atoms. The van der Waals surface area contributed by atoms with Crippen molar-refractivity contribution in [1.29, 1.82) is 0 Å². The summed E-state index contributed by atoms with van der Waals surface area (Å²) >= 11 is 6.03. The Labute approximate surface area is 112 Å². The van der Waals surface area contributed by atoms with Crippen molar-refractivity contribution in [2.75, 3.05) is 18.4 Å². The Bertz CT molecular complexity index is 550. The average molecular weight is 262 g/mol. The molecule has 1 aliphatic rings. The predicted octanol–water partition coefficient (Wildman–Crippen LogP) is 3.05. The number of nitrogens with zero attached hydrogens (tertiary/aromatic N) is 1. The van der Waals surface area contributed by atoms with Crippen molar-refractivity contribution in [3.63, 3.8) is 0 Å². The monoisotopic (exact) mass is 261 g/mol. The van der Waals surface area contributed by atoms with Crippen molar-refractivity contribution in [1.82, 2.24) is 10.3 Å². The van der Waals surface area contributed by atoms with Gasteiger partial charge in [0.2, 0.25) is 0 Å². The van der Waals surface area contributed by atoms with E-state index in [4.69, 9.17) is 11.6 Å². The fourth-order valence-corrected chi connectivity index (χ4v) is 2.59. The third kappa shape index (κ3) is 2.42. The van der Waals surface area contributed by atoms with E-state index >= 15 is 0 Å². The molecule has 1 aliphatic heterocycles. The fraction of sp³-hybridized carbons (Fsp3) is 0.357. The summed E-state index contributed by atoms with van der Waals surface area (Å²) in [5.74, 6) is 0. The molecule has 3 rings (SSSR count). The van der Waals surface area contributed by atoms with Crippen molar-refractivity contribution in [3.8, 4) is 0 Å². The highest BCUT2D eigenvalue weighted by molar-refractivity contribution is 6.31. The number of rotatable bonds is 2. The molecule has 2 N–H and O–H groups in total. The van der Waals surface area contributed by atoms with E-state index in [1.165, 1.54) is 0 Å². The van der Waals surface area contributed by atoms with E-state index in [1.54, 1.807) is 6.20 Å². The number of hydrogen-bond donors (Lipinski definition) is 2. The average Bonchev–Trinajstić information content (AvgIpc) is 2.41. The molecule has 1 saturated heterocycles. The Balaban J connectivity index is 1.92. The third-order valence-corrected chi connectivity index (χ3v) is 3.60. The highest BCUT2D eigenvalue weighted by Crippen LogP contribution is 2.26. The number of benzene rings is 1. The van der Waals surface area contributed by atoms with E-state index in [0.29, 0.717) is 11.1 Å². The number of anilines is 1. The molecule has 4 heteroatoms. The maximum Gasteiger partial charge on any atom is 0.0723 e. The van der Waals surface area contributed by atoms with Crippen LogP contribution in [0.5, 0.6) is 0 Å². The summed E-state index contributed by atoms with van der Waals surface area (Å²) in [6.45, 7) is 2.17. The molecule has 0 radical (unpaired) electrons. The topological polar surface area (TPSA) is 37.0 Å². The minimum Gasteiger partial charge on any atom is -0.382 e. The van der Waals surface area contributed by atoms with Gasteiger partial charge >= 0.3 is 0 Å². The molecule has 0 spiro atoms. The number of aromatic nitrogens is 1. The van der Waals surface area contributed by atoms with Crippen molar-refractivity contribution >= 4 is 28.2 Å². The lowest BCUT2D eigenvalue weighted by molar-refractivity contribution is 0.479. The van der Waals surface area contributed by atoms with E-state index in [0.717, 1.165) is 42.5 Å². The van der Waals surface area contributed by atoms with Crippen LogP contribution in [0.15, 0.2) is 30.5 Å². The molecule has 1 aromatic carbocycles. The van der Waals surface area contributed by atoms with Crippen LogP contribution >= 0.6 is 11.6 Å². The van der Waals surface area contributed by atoms with Crippen LogP contribution in [-0.4, -0.2) is 24.1 Å². The standard InChI is InChI=1S/C14H16ClN3/c15-10-8-12-13(17-9-10)2-1-3-14(12)18-11-4-6-16-7-5-11/h1-3,8-9,11,16,18H,4-7H2. The summed E-state index contributed by atoms with van der Waals surface area (Å²) in [5, 5.41) is 8.77. The van der Waals surface area contributed by atoms with E-state index in [2.05, 4.69) is 21.7 Å². The largest absolute Gasteiger partial charge is 0.382 e. The minimum absolute atomic E-state index is 0.538. The Hall–Kier alpha value is -1.32. The van der Waals surface area contributed by atoms with Crippen LogP contribution in [0, 0.1) is 0 Å². The van der Waals surface area contributed by atoms with E-state index in [9.17, 15) is 0 Å². The van der Waals surface area contributed by atoms with E-state index in [1.807, 2.05) is 18.2 Å². The molecule has 0 unspecified atom stereocenters. The van der Waals surface area contributed by atoms with Gasteiger partial charge in [-0.05, 0) is 44.1 Å². The second-order valence-corrected chi connectivity index (χ2v) is 5.13. The summed E-state index contributed by atoms with van der Waals surface area (Å²) in [4.78, 5) is 4.35. The van der Waals surface area contributed by atoms with Crippen molar-refractivity contribution in [2.45, 2.75) is 18.9 Å². The van der Waals surface area contributed by atoms with Crippen LogP contribution in [-0.2, 0) is 0 Å². The Morgan fingerprint density at radius 1 is 1.28 bits per heavy atom. The molecule has 1 aromatic heterocycles. The maximum atomic E-state index is 6.03. The Morgan fingerprint density at radius 2 is 2.11 bits per heavy atom. The van der Waals surface area contributed by atoms with Crippen molar-refractivity contribution in [3.05, 3.63) is 35.5 Å². The van der Waals surface area contributed by atoms with Gasteiger partial charge in [0.1, 0.15) is 0 Å². The van der Waals surface area contributed by atoms with Crippen molar-refractivity contribution < 1.29 is 0 Å². The molecule has 0 aliphatic carbocycles. The zero-order valence-electron chi connectivity index (χ0n) is 10.1. The summed E-state index contributed by atoms with van der Waals surface area (Å²) in [6.07, 6.45) is 4.01. The zero-order valence-corrected chi connectivity index (χ0v) is 10.9. The van der Waals surface area contributed by atoms with Crippen LogP contribution in [0.2, 0.25) is 5.02 Å². The van der Waals surface area contributed by atoms with Gasteiger partial charge in [-0.15, -0.1) is 0 Å². The van der Waals surface area contributed by atoms with Gasteiger partial charge in [0, 0.05) is 23.3 Å². The quantitative estimate of drug-likeness (QED) is 0.873. The number of piperidine rings is 1. The number of hydrogen-bond acceptors (Lipinski definition) is 3. The first-order valence-corrected chi connectivity index (χ1v) is 6.72. The van der Waals surface area contributed by atoms with Crippen LogP contribution in [0.25, 0.3) is 10.9 Å². The zero-order chi connectivity index (χ0) is 12.4. The SMILES string of the molecule is Clc1cnc2cccc(NC3CCNCC3)c2c1. The molecule has 2 heterocycles.